The molecule has 0 aliphatic heterocycles. The second-order valence-electron chi connectivity index (χ2n) is 4.89. The number of benzene rings is 2. The minimum atomic E-state index is 0.322. The van der Waals surface area contributed by atoms with Gasteiger partial charge >= 0.3 is 0 Å². The molecule has 2 aromatic carbocycles. The second kappa shape index (κ2) is 6.67. The summed E-state index contributed by atoms with van der Waals surface area (Å²) < 4.78 is 5.37. The summed E-state index contributed by atoms with van der Waals surface area (Å²) >= 11 is 0. The van der Waals surface area contributed by atoms with Crippen LogP contribution in [-0.4, -0.2) is 14.2 Å². The van der Waals surface area contributed by atoms with Crippen LogP contribution in [0.15, 0.2) is 42.5 Å². The molecule has 0 saturated carbocycles. The van der Waals surface area contributed by atoms with Crippen molar-refractivity contribution in [3.8, 4) is 11.8 Å². The highest BCUT2D eigenvalue weighted by Crippen LogP contribution is 2.25. The van der Waals surface area contributed by atoms with Crippen LogP contribution in [0, 0.1) is 11.3 Å². The van der Waals surface area contributed by atoms with Gasteiger partial charge < -0.3 is 15.4 Å². The highest BCUT2D eigenvalue weighted by molar-refractivity contribution is 5.59. The van der Waals surface area contributed by atoms with Gasteiger partial charge in [-0.15, -0.1) is 0 Å². The minimum Gasteiger partial charge on any atom is -0.496 e. The van der Waals surface area contributed by atoms with Crippen LogP contribution in [-0.2, 0) is 13.0 Å². The quantitative estimate of drug-likeness (QED) is 0.856. The molecule has 0 saturated heterocycles. The van der Waals surface area contributed by atoms with E-state index in [1.807, 2.05) is 49.5 Å². The predicted molar refractivity (Wildman–Crippen MR) is 85.3 cm³/mol. The third kappa shape index (κ3) is 3.46. The summed E-state index contributed by atoms with van der Waals surface area (Å²) in [5.41, 5.74) is 9.55. The summed E-state index contributed by atoms with van der Waals surface area (Å²) in [4.78, 5) is 2.11. The molecule has 0 unspecified atom stereocenters. The maximum atomic E-state index is 8.84. The van der Waals surface area contributed by atoms with Gasteiger partial charge in [-0.3, -0.25) is 0 Å². The van der Waals surface area contributed by atoms with Crippen molar-refractivity contribution in [1.29, 1.82) is 5.26 Å². The molecule has 0 fully saturated rings. The molecular formula is C17H19N3O. The number of nitriles is 1. The van der Waals surface area contributed by atoms with Gasteiger partial charge in [-0.1, -0.05) is 18.2 Å². The molecule has 21 heavy (non-hydrogen) atoms. The van der Waals surface area contributed by atoms with E-state index < -0.39 is 0 Å². The number of rotatable bonds is 5. The number of nitrogens with zero attached hydrogens (tertiary/aromatic N) is 2. The normalized spacial score (nSPS) is 9.95. The lowest BCUT2D eigenvalue weighted by molar-refractivity contribution is 0.409. The third-order valence-corrected chi connectivity index (χ3v) is 3.44. The molecule has 0 aliphatic carbocycles. The first kappa shape index (κ1) is 14.7. The summed E-state index contributed by atoms with van der Waals surface area (Å²) in [5.74, 6) is 0.872. The van der Waals surface area contributed by atoms with Gasteiger partial charge in [0.2, 0.25) is 0 Å². The summed E-state index contributed by atoms with van der Waals surface area (Å²) in [7, 11) is 3.68. The van der Waals surface area contributed by atoms with E-state index in [2.05, 4.69) is 11.0 Å². The Labute approximate surface area is 125 Å². The van der Waals surface area contributed by atoms with Crippen molar-refractivity contribution >= 4 is 11.4 Å². The molecule has 0 amide bonds. The number of methoxy groups -OCH3 is 1. The zero-order valence-electron chi connectivity index (χ0n) is 12.3. The van der Waals surface area contributed by atoms with Crippen LogP contribution in [0.2, 0.25) is 0 Å². The van der Waals surface area contributed by atoms with E-state index in [4.69, 9.17) is 15.7 Å². The molecule has 4 nitrogen and oxygen atoms in total. The predicted octanol–water partition coefficient (Wildman–Crippen LogP) is 2.98. The first-order valence-corrected chi connectivity index (χ1v) is 6.74. The maximum Gasteiger partial charge on any atom is 0.123 e. The van der Waals surface area contributed by atoms with Gasteiger partial charge in [0.25, 0.3) is 0 Å². The van der Waals surface area contributed by atoms with Crippen molar-refractivity contribution in [2.75, 3.05) is 24.8 Å². The van der Waals surface area contributed by atoms with Gasteiger partial charge in [-0.25, -0.2) is 0 Å². The fraction of sp³-hybridized carbons (Fsp3) is 0.235. The molecule has 0 bridgehead atoms. The fourth-order valence-electron chi connectivity index (χ4n) is 2.25. The van der Waals surface area contributed by atoms with Gasteiger partial charge in [0.1, 0.15) is 5.75 Å². The minimum absolute atomic E-state index is 0.322. The Bertz CT molecular complexity index is 661. The average Bonchev–Trinajstić information content (AvgIpc) is 2.50. The molecule has 0 radical (unpaired) electrons. The summed E-state index contributed by atoms with van der Waals surface area (Å²) in [5, 5.41) is 8.84. The zero-order chi connectivity index (χ0) is 15.2. The van der Waals surface area contributed by atoms with Crippen molar-refractivity contribution in [2.24, 2.45) is 0 Å². The Kier molecular flexibility index (Phi) is 4.68. The highest BCUT2D eigenvalue weighted by Gasteiger charge is 2.08. The summed E-state index contributed by atoms with van der Waals surface area (Å²) in [6, 6.07) is 15.9. The van der Waals surface area contributed by atoms with Crippen LogP contribution >= 0.6 is 0 Å². The van der Waals surface area contributed by atoms with Gasteiger partial charge in [0.15, 0.2) is 0 Å². The van der Waals surface area contributed by atoms with Gasteiger partial charge in [-0.2, -0.15) is 5.26 Å². The van der Waals surface area contributed by atoms with Crippen LogP contribution in [0.4, 0.5) is 11.4 Å². The van der Waals surface area contributed by atoms with E-state index >= 15 is 0 Å². The number of para-hydroxylation sites is 1. The standard InChI is InChI=1S/C17H19N3O/c1-20(12-14-5-3-4-6-17(14)21-2)15-7-8-16(19)13(11-15)9-10-18/h3-8,11H,9,12,19H2,1-2H3. The SMILES string of the molecule is COc1ccccc1CN(C)c1ccc(N)c(CC#N)c1. The molecular weight excluding hydrogens is 262 g/mol. The molecule has 4 heteroatoms. The van der Waals surface area contributed by atoms with Crippen LogP contribution in [0.3, 0.4) is 0 Å². The van der Waals surface area contributed by atoms with E-state index in [9.17, 15) is 0 Å². The number of anilines is 2. The first-order valence-electron chi connectivity index (χ1n) is 6.74. The Morgan fingerprint density at radius 3 is 2.67 bits per heavy atom. The molecule has 0 aliphatic rings. The molecule has 0 aromatic heterocycles. The Hall–Kier alpha value is -2.67. The summed E-state index contributed by atoms with van der Waals surface area (Å²) in [6.45, 7) is 0.722. The molecule has 0 spiro atoms. The van der Waals surface area contributed by atoms with Crippen LogP contribution < -0.4 is 15.4 Å². The lowest BCUT2D eigenvalue weighted by atomic mass is 10.1. The second-order valence-corrected chi connectivity index (χ2v) is 4.89. The lowest BCUT2D eigenvalue weighted by Gasteiger charge is -2.21. The molecule has 108 valence electrons. The third-order valence-electron chi connectivity index (χ3n) is 3.44. The van der Waals surface area contributed by atoms with Crippen molar-refractivity contribution < 1.29 is 4.74 Å². The van der Waals surface area contributed by atoms with E-state index in [-0.39, 0.29) is 0 Å². The van der Waals surface area contributed by atoms with Crippen molar-refractivity contribution in [3.05, 3.63) is 53.6 Å². The smallest absolute Gasteiger partial charge is 0.123 e. The monoisotopic (exact) mass is 281 g/mol. The number of nitrogens with two attached hydrogens (primary N) is 1. The van der Waals surface area contributed by atoms with Crippen LogP contribution in [0.25, 0.3) is 0 Å². The van der Waals surface area contributed by atoms with Crippen molar-refractivity contribution in [1.82, 2.24) is 0 Å². The lowest BCUT2D eigenvalue weighted by Crippen LogP contribution is -2.17. The number of nitrogen functional groups attached to an aromatic ring is 1. The van der Waals surface area contributed by atoms with E-state index in [0.717, 1.165) is 29.1 Å². The van der Waals surface area contributed by atoms with E-state index in [0.29, 0.717) is 12.1 Å². The Morgan fingerprint density at radius 1 is 1.19 bits per heavy atom. The molecule has 0 heterocycles. The molecule has 2 N–H and O–H groups in total. The zero-order valence-corrected chi connectivity index (χ0v) is 12.3. The largest absolute Gasteiger partial charge is 0.496 e. The molecule has 2 rings (SSSR count). The maximum absolute atomic E-state index is 8.84. The number of ether oxygens (including phenoxy) is 1. The number of hydrogen-bond donors (Lipinski definition) is 1. The van der Waals surface area contributed by atoms with E-state index in [1.165, 1.54) is 0 Å². The highest BCUT2D eigenvalue weighted by atomic mass is 16.5. The first-order chi connectivity index (χ1) is 10.2. The van der Waals surface area contributed by atoms with Gasteiger partial charge in [-0.05, 0) is 29.8 Å². The molecule has 2 aromatic rings. The van der Waals surface area contributed by atoms with Crippen LogP contribution in [0.5, 0.6) is 5.75 Å². The summed E-state index contributed by atoms with van der Waals surface area (Å²) in [6.07, 6.45) is 0.322. The Morgan fingerprint density at radius 2 is 1.95 bits per heavy atom. The Balaban J connectivity index is 2.22. The molecule has 0 atom stereocenters. The number of hydrogen-bond acceptors (Lipinski definition) is 4. The van der Waals surface area contributed by atoms with Crippen LogP contribution in [0.1, 0.15) is 11.1 Å². The van der Waals surface area contributed by atoms with E-state index in [1.54, 1.807) is 7.11 Å². The fourth-order valence-corrected chi connectivity index (χ4v) is 2.25. The average molecular weight is 281 g/mol. The van der Waals surface area contributed by atoms with Crippen molar-refractivity contribution in [2.45, 2.75) is 13.0 Å². The van der Waals surface area contributed by atoms with Gasteiger partial charge in [0, 0.05) is 30.5 Å². The van der Waals surface area contributed by atoms with Gasteiger partial charge in [0.05, 0.1) is 19.6 Å². The topological polar surface area (TPSA) is 62.3 Å². The van der Waals surface area contributed by atoms with Crippen molar-refractivity contribution in [3.63, 3.8) is 0 Å².